The van der Waals surface area contributed by atoms with E-state index in [1.807, 2.05) is 18.2 Å². The summed E-state index contributed by atoms with van der Waals surface area (Å²) in [4.78, 5) is 0.434. The van der Waals surface area contributed by atoms with Crippen LogP contribution in [0.15, 0.2) is 22.7 Å². The molecule has 1 saturated carbocycles. The number of rotatable bonds is 4. The lowest BCUT2D eigenvalue weighted by Crippen LogP contribution is -2.33. The summed E-state index contributed by atoms with van der Waals surface area (Å²) in [6.07, 6.45) is 4.00. The van der Waals surface area contributed by atoms with E-state index >= 15 is 0 Å². The average Bonchev–Trinajstić information content (AvgIpc) is 2.24. The van der Waals surface area contributed by atoms with E-state index in [0.29, 0.717) is 10.4 Å². The summed E-state index contributed by atoms with van der Waals surface area (Å²) in [5.74, 6) is 0. The fraction of sp³-hybridized carbons (Fsp3) is 0.462. The number of thiocarbonyl (C=S) groups is 1. The molecule has 0 heterocycles. The van der Waals surface area contributed by atoms with Crippen molar-refractivity contribution in [2.24, 2.45) is 11.1 Å². The standard InChI is InChI=1S/C13H17BrN2S/c1-13(5-2-6-13)8-16-11-4-3-9(12(15)17)7-10(11)14/h3-4,7,16H,2,5-6,8H2,1H3,(H2,15,17). The van der Waals surface area contributed by atoms with Crippen molar-refractivity contribution in [3.63, 3.8) is 0 Å². The molecule has 0 radical (unpaired) electrons. The van der Waals surface area contributed by atoms with Crippen LogP contribution in [-0.4, -0.2) is 11.5 Å². The zero-order valence-corrected chi connectivity index (χ0v) is 12.3. The smallest absolute Gasteiger partial charge is 0.104 e. The van der Waals surface area contributed by atoms with Crippen molar-refractivity contribution in [3.05, 3.63) is 28.2 Å². The molecule has 1 aromatic rings. The topological polar surface area (TPSA) is 38.0 Å². The van der Waals surface area contributed by atoms with Gasteiger partial charge in [0.25, 0.3) is 0 Å². The summed E-state index contributed by atoms with van der Waals surface area (Å²) in [7, 11) is 0. The molecule has 0 atom stereocenters. The molecule has 0 aliphatic heterocycles. The monoisotopic (exact) mass is 312 g/mol. The first kappa shape index (κ1) is 12.8. The fourth-order valence-corrected chi connectivity index (χ4v) is 2.72. The molecule has 4 heteroatoms. The molecule has 2 rings (SSSR count). The molecule has 17 heavy (non-hydrogen) atoms. The van der Waals surface area contributed by atoms with E-state index in [9.17, 15) is 0 Å². The average molecular weight is 313 g/mol. The minimum absolute atomic E-state index is 0.434. The number of hydrogen-bond donors (Lipinski definition) is 2. The lowest BCUT2D eigenvalue weighted by molar-refractivity contribution is 0.180. The van der Waals surface area contributed by atoms with Gasteiger partial charge in [0, 0.05) is 22.3 Å². The molecule has 1 fully saturated rings. The first-order valence-electron chi connectivity index (χ1n) is 5.83. The Morgan fingerprint density at radius 2 is 2.24 bits per heavy atom. The zero-order chi connectivity index (χ0) is 12.5. The second-order valence-electron chi connectivity index (χ2n) is 5.08. The Morgan fingerprint density at radius 1 is 1.53 bits per heavy atom. The van der Waals surface area contributed by atoms with Crippen LogP contribution in [0.1, 0.15) is 31.7 Å². The van der Waals surface area contributed by atoms with Crippen molar-refractivity contribution < 1.29 is 0 Å². The van der Waals surface area contributed by atoms with Crippen LogP contribution in [0.2, 0.25) is 0 Å². The van der Waals surface area contributed by atoms with Crippen LogP contribution in [-0.2, 0) is 0 Å². The molecule has 0 bridgehead atoms. The highest BCUT2D eigenvalue weighted by Crippen LogP contribution is 2.40. The second-order valence-corrected chi connectivity index (χ2v) is 6.37. The first-order valence-corrected chi connectivity index (χ1v) is 7.04. The molecule has 0 unspecified atom stereocenters. The molecule has 0 spiro atoms. The van der Waals surface area contributed by atoms with Crippen LogP contribution in [0.25, 0.3) is 0 Å². The van der Waals surface area contributed by atoms with Crippen molar-refractivity contribution >= 4 is 38.8 Å². The molecule has 3 N–H and O–H groups in total. The van der Waals surface area contributed by atoms with Crippen molar-refractivity contribution in [2.75, 3.05) is 11.9 Å². The van der Waals surface area contributed by atoms with Gasteiger partial charge in [-0.3, -0.25) is 0 Å². The maximum atomic E-state index is 5.60. The zero-order valence-electron chi connectivity index (χ0n) is 9.92. The molecule has 1 aromatic carbocycles. The normalized spacial score (nSPS) is 17.3. The van der Waals surface area contributed by atoms with Crippen LogP contribution < -0.4 is 11.1 Å². The van der Waals surface area contributed by atoms with E-state index in [1.54, 1.807) is 0 Å². The van der Waals surface area contributed by atoms with Gasteiger partial charge in [-0.25, -0.2) is 0 Å². The summed E-state index contributed by atoms with van der Waals surface area (Å²) >= 11 is 8.50. The quantitative estimate of drug-likeness (QED) is 0.833. The second kappa shape index (κ2) is 4.94. The van der Waals surface area contributed by atoms with Crippen LogP contribution in [0.3, 0.4) is 0 Å². The Labute approximate surface area is 116 Å². The van der Waals surface area contributed by atoms with E-state index in [2.05, 4.69) is 28.2 Å². The predicted octanol–water partition coefficient (Wildman–Crippen LogP) is 3.69. The molecule has 92 valence electrons. The Hall–Kier alpha value is -0.610. The van der Waals surface area contributed by atoms with E-state index in [4.69, 9.17) is 18.0 Å². The largest absolute Gasteiger partial charge is 0.389 e. The summed E-state index contributed by atoms with van der Waals surface area (Å²) in [5, 5.41) is 3.49. The van der Waals surface area contributed by atoms with E-state index in [-0.39, 0.29) is 0 Å². The van der Waals surface area contributed by atoms with Crippen molar-refractivity contribution in [2.45, 2.75) is 26.2 Å². The van der Waals surface area contributed by atoms with Crippen LogP contribution >= 0.6 is 28.1 Å². The van der Waals surface area contributed by atoms with Crippen molar-refractivity contribution in [1.29, 1.82) is 0 Å². The maximum Gasteiger partial charge on any atom is 0.104 e. The molecule has 0 saturated heterocycles. The number of benzene rings is 1. The number of nitrogens with two attached hydrogens (primary N) is 1. The Morgan fingerprint density at radius 3 is 2.71 bits per heavy atom. The van der Waals surface area contributed by atoms with Gasteiger partial charge in [0.2, 0.25) is 0 Å². The summed E-state index contributed by atoms with van der Waals surface area (Å²) < 4.78 is 1.02. The molecule has 1 aliphatic carbocycles. The highest BCUT2D eigenvalue weighted by Gasteiger charge is 2.31. The highest BCUT2D eigenvalue weighted by molar-refractivity contribution is 9.10. The lowest BCUT2D eigenvalue weighted by atomic mass is 9.70. The van der Waals surface area contributed by atoms with Gasteiger partial charge < -0.3 is 11.1 Å². The van der Waals surface area contributed by atoms with Gasteiger partial charge in [-0.15, -0.1) is 0 Å². The predicted molar refractivity (Wildman–Crippen MR) is 80.5 cm³/mol. The van der Waals surface area contributed by atoms with Gasteiger partial charge in [-0.05, 0) is 52.4 Å². The Kier molecular flexibility index (Phi) is 3.73. The molecule has 0 amide bonds. The van der Waals surface area contributed by atoms with Gasteiger partial charge in [0.1, 0.15) is 4.99 Å². The van der Waals surface area contributed by atoms with Crippen molar-refractivity contribution in [1.82, 2.24) is 0 Å². The fourth-order valence-electron chi connectivity index (χ4n) is 2.08. The molecule has 1 aliphatic rings. The number of hydrogen-bond acceptors (Lipinski definition) is 2. The number of anilines is 1. The van der Waals surface area contributed by atoms with E-state index < -0.39 is 0 Å². The molecular formula is C13H17BrN2S. The third-order valence-corrected chi connectivity index (χ3v) is 4.41. The number of halogens is 1. The van der Waals surface area contributed by atoms with Gasteiger partial charge in [0.15, 0.2) is 0 Å². The molecular weight excluding hydrogens is 296 g/mol. The van der Waals surface area contributed by atoms with Crippen molar-refractivity contribution in [3.8, 4) is 0 Å². The maximum absolute atomic E-state index is 5.60. The summed E-state index contributed by atoms with van der Waals surface area (Å²) in [5.41, 5.74) is 8.08. The minimum atomic E-state index is 0.434. The van der Waals surface area contributed by atoms with Crippen LogP contribution in [0, 0.1) is 5.41 Å². The lowest BCUT2D eigenvalue weighted by Gasteiger charge is -2.38. The van der Waals surface area contributed by atoms with E-state index in [0.717, 1.165) is 22.3 Å². The van der Waals surface area contributed by atoms with Crippen LogP contribution in [0.4, 0.5) is 5.69 Å². The third kappa shape index (κ3) is 2.99. The van der Waals surface area contributed by atoms with Gasteiger partial charge >= 0.3 is 0 Å². The van der Waals surface area contributed by atoms with Gasteiger partial charge in [-0.1, -0.05) is 25.6 Å². The minimum Gasteiger partial charge on any atom is -0.389 e. The van der Waals surface area contributed by atoms with E-state index in [1.165, 1.54) is 19.3 Å². The van der Waals surface area contributed by atoms with Gasteiger partial charge in [-0.2, -0.15) is 0 Å². The Bertz CT molecular complexity index is 441. The molecule has 0 aromatic heterocycles. The van der Waals surface area contributed by atoms with Crippen LogP contribution in [0.5, 0.6) is 0 Å². The summed E-state index contributed by atoms with van der Waals surface area (Å²) in [6, 6.07) is 5.95. The van der Waals surface area contributed by atoms with Gasteiger partial charge in [0.05, 0.1) is 0 Å². The first-order chi connectivity index (χ1) is 8.00. The highest BCUT2D eigenvalue weighted by atomic mass is 79.9. The molecule has 2 nitrogen and oxygen atoms in total. The summed E-state index contributed by atoms with van der Waals surface area (Å²) in [6.45, 7) is 3.36. The Balaban J connectivity index is 2.03. The number of nitrogens with one attached hydrogen (secondary N) is 1. The SMILES string of the molecule is CC1(CNc2ccc(C(N)=S)cc2Br)CCC1. The third-order valence-electron chi connectivity index (χ3n) is 3.52.